The van der Waals surface area contributed by atoms with Crippen LogP contribution in [0.1, 0.15) is 40.6 Å². The lowest BCUT2D eigenvalue weighted by Gasteiger charge is -2.34. The van der Waals surface area contributed by atoms with Gasteiger partial charge < -0.3 is 4.90 Å². The molecule has 3 nitrogen and oxygen atoms in total. The Labute approximate surface area is 142 Å². The summed E-state index contributed by atoms with van der Waals surface area (Å²) in [5.41, 5.74) is 0.843. The van der Waals surface area contributed by atoms with E-state index >= 15 is 0 Å². The fraction of sp³-hybridized carbons (Fsp3) is 0.412. The number of aryl methyl sites for hydroxylation is 1. The number of hydrogen-bond donors (Lipinski definition) is 0. The highest BCUT2D eigenvalue weighted by molar-refractivity contribution is 7.09. The van der Waals surface area contributed by atoms with Crippen molar-refractivity contribution < 1.29 is 13.2 Å². The van der Waals surface area contributed by atoms with Crippen LogP contribution >= 0.6 is 11.3 Å². The van der Waals surface area contributed by atoms with Crippen molar-refractivity contribution in [3.63, 3.8) is 0 Å². The van der Waals surface area contributed by atoms with Gasteiger partial charge in [-0.1, -0.05) is 0 Å². The van der Waals surface area contributed by atoms with Gasteiger partial charge >= 0.3 is 6.18 Å². The highest BCUT2D eigenvalue weighted by Gasteiger charge is 2.32. The van der Waals surface area contributed by atoms with E-state index < -0.39 is 11.7 Å². The number of hydrogen-bond acceptors (Lipinski definition) is 4. The molecule has 7 heteroatoms. The first-order chi connectivity index (χ1) is 11.4. The molecule has 0 spiro atoms. The molecule has 0 radical (unpaired) electrons. The van der Waals surface area contributed by atoms with Gasteiger partial charge in [0.25, 0.3) is 0 Å². The number of alkyl halides is 3. The van der Waals surface area contributed by atoms with Crippen LogP contribution in [0.3, 0.4) is 0 Å². The molecule has 2 heterocycles. The fourth-order valence-corrected chi connectivity index (χ4v) is 3.96. The standard InChI is InChI=1S/C17H16F3N3S/c1-11-10-24-16(22-11)12-3-2-6-23(9-12)15-5-4-14(17(18,19)20)7-13(15)8-21/h4-5,7,10,12H,2-3,6,9H2,1H3. The van der Waals surface area contributed by atoms with Gasteiger partial charge in [-0.05, 0) is 38.0 Å². The Hall–Kier alpha value is -2.07. The molecule has 1 unspecified atom stereocenters. The average molecular weight is 351 g/mol. The molecule has 1 aliphatic rings. The molecule has 1 aliphatic heterocycles. The zero-order valence-electron chi connectivity index (χ0n) is 13.1. The summed E-state index contributed by atoms with van der Waals surface area (Å²) < 4.78 is 38.5. The quantitative estimate of drug-likeness (QED) is 0.785. The Morgan fingerprint density at radius 2 is 2.17 bits per heavy atom. The molecular weight excluding hydrogens is 335 g/mol. The molecule has 1 atom stereocenters. The van der Waals surface area contributed by atoms with E-state index in [1.54, 1.807) is 11.3 Å². The van der Waals surface area contributed by atoms with E-state index in [0.717, 1.165) is 42.2 Å². The molecule has 1 aromatic heterocycles. The minimum Gasteiger partial charge on any atom is -0.370 e. The minimum atomic E-state index is -4.44. The SMILES string of the molecule is Cc1csc(C2CCCN(c3ccc(C(F)(F)F)cc3C#N)C2)n1. The van der Waals surface area contributed by atoms with E-state index in [1.165, 1.54) is 6.07 Å². The van der Waals surface area contributed by atoms with Gasteiger partial charge in [0.05, 0.1) is 21.8 Å². The van der Waals surface area contributed by atoms with Crippen molar-refractivity contribution in [3.8, 4) is 6.07 Å². The maximum absolute atomic E-state index is 12.8. The highest BCUT2D eigenvalue weighted by atomic mass is 32.1. The summed E-state index contributed by atoms with van der Waals surface area (Å²) in [6.45, 7) is 3.36. The van der Waals surface area contributed by atoms with Gasteiger partial charge in [-0.25, -0.2) is 4.98 Å². The van der Waals surface area contributed by atoms with Gasteiger partial charge in [0.2, 0.25) is 0 Å². The number of anilines is 1. The summed E-state index contributed by atoms with van der Waals surface area (Å²) >= 11 is 1.62. The van der Waals surface area contributed by atoms with Crippen molar-refractivity contribution in [2.24, 2.45) is 0 Å². The summed E-state index contributed by atoms with van der Waals surface area (Å²) in [6.07, 6.45) is -2.51. The maximum Gasteiger partial charge on any atom is 0.416 e. The number of benzene rings is 1. The summed E-state index contributed by atoms with van der Waals surface area (Å²) in [4.78, 5) is 6.53. The lowest BCUT2D eigenvalue weighted by atomic mass is 9.97. The molecule has 0 bridgehead atoms. The van der Waals surface area contributed by atoms with Crippen molar-refractivity contribution in [1.82, 2.24) is 4.98 Å². The average Bonchev–Trinajstić information content (AvgIpc) is 3.00. The summed E-state index contributed by atoms with van der Waals surface area (Å²) in [6, 6.07) is 5.31. The van der Waals surface area contributed by atoms with E-state index in [9.17, 15) is 18.4 Å². The van der Waals surface area contributed by atoms with Crippen molar-refractivity contribution in [1.29, 1.82) is 5.26 Å². The second-order valence-corrected chi connectivity index (χ2v) is 6.84. The molecule has 0 amide bonds. The first-order valence-electron chi connectivity index (χ1n) is 7.67. The third-order valence-corrected chi connectivity index (χ3v) is 5.32. The Morgan fingerprint density at radius 1 is 1.38 bits per heavy atom. The third kappa shape index (κ3) is 3.39. The number of rotatable bonds is 2. The third-order valence-electron chi connectivity index (χ3n) is 4.19. The van der Waals surface area contributed by atoms with Crippen LogP contribution < -0.4 is 4.90 Å². The number of thiazole rings is 1. The van der Waals surface area contributed by atoms with Gasteiger partial charge in [0, 0.05) is 30.1 Å². The van der Waals surface area contributed by atoms with Crippen LogP contribution in [-0.4, -0.2) is 18.1 Å². The zero-order chi connectivity index (χ0) is 17.3. The molecule has 3 rings (SSSR count). The molecule has 24 heavy (non-hydrogen) atoms. The van der Waals surface area contributed by atoms with Crippen molar-refractivity contribution >= 4 is 17.0 Å². The van der Waals surface area contributed by atoms with Gasteiger partial charge in [0.1, 0.15) is 6.07 Å². The Morgan fingerprint density at radius 3 is 2.79 bits per heavy atom. The van der Waals surface area contributed by atoms with Crippen LogP contribution in [0.25, 0.3) is 0 Å². The van der Waals surface area contributed by atoms with Gasteiger partial charge in [0.15, 0.2) is 0 Å². The van der Waals surface area contributed by atoms with Gasteiger partial charge in [-0.15, -0.1) is 11.3 Å². The smallest absolute Gasteiger partial charge is 0.370 e. The molecule has 0 N–H and O–H groups in total. The fourth-order valence-electron chi connectivity index (χ4n) is 3.03. The van der Waals surface area contributed by atoms with Crippen molar-refractivity contribution in [2.45, 2.75) is 31.9 Å². The van der Waals surface area contributed by atoms with E-state index in [2.05, 4.69) is 4.98 Å². The Kier molecular flexibility index (Phi) is 4.50. The number of piperidine rings is 1. The minimum absolute atomic E-state index is 0.0702. The summed E-state index contributed by atoms with van der Waals surface area (Å²) in [5, 5.41) is 12.3. The lowest BCUT2D eigenvalue weighted by molar-refractivity contribution is -0.137. The summed E-state index contributed by atoms with van der Waals surface area (Å²) in [5.74, 6) is 0.256. The molecule has 126 valence electrons. The van der Waals surface area contributed by atoms with Crippen LogP contribution in [0.15, 0.2) is 23.6 Å². The van der Waals surface area contributed by atoms with Gasteiger partial charge in [-0.3, -0.25) is 0 Å². The number of nitrogens with zero attached hydrogens (tertiary/aromatic N) is 3. The molecule has 0 saturated carbocycles. The normalized spacial score (nSPS) is 18.5. The highest BCUT2D eigenvalue weighted by Crippen LogP contribution is 2.36. The zero-order valence-corrected chi connectivity index (χ0v) is 13.9. The lowest BCUT2D eigenvalue weighted by Crippen LogP contribution is -2.34. The predicted octanol–water partition coefficient (Wildman–Crippen LogP) is 4.73. The van der Waals surface area contributed by atoms with Crippen LogP contribution in [0.5, 0.6) is 0 Å². The molecule has 1 saturated heterocycles. The van der Waals surface area contributed by atoms with Crippen LogP contribution in [0.2, 0.25) is 0 Å². The largest absolute Gasteiger partial charge is 0.416 e. The van der Waals surface area contributed by atoms with Crippen molar-refractivity contribution in [3.05, 3.63) is 45.4 Å². The number of nitriles is 1. The number of halogens is 3. The predicted molar refractivity (Wildman–Crippen MR) is 87.2 cm³/mol. The van der Waals surface area contributed by atoms with Gasteiger partial charge in [-0.2, -0.15) is 18.4 Å². The molecular formula is C17H16F3N3S. The first kappa shape index (κ1) is 16.8. The Bertz CT molecular complexity index is 776. The molecule has 0 aliphatic carbocycles. The molecule has 1 fully saturated rings. The number of aromatic nitrogens is 1. The van der Waals surface area contributed by atoms with E-state index in [-0.39, 0.29) is 11.5 Å². The second-order valence-electron chi connectivity index (χ2n) is 5.95. The Balaban J connectivity index is 1.87. The monoisotopic (exact) mass is 351 g/mol. The first-order valence-corrected chi connectivity index (χ1v) is 8.55. The molecule has 2 aromatic rings. The van der Waals surface area contributed by atoms with E-state index in [0.29, 0.717) is 12.2 Å². The second kappa shape index (κ2) is 6.44. The topological polar surface area (TPSA) is 39.9 Å². The molecule has 1 aromatic carbocycles. The van der Waals surface area contributed by atoms with E-state index in [1.807, 2.05) is 23.3 Å². The van der Waals surface area contributed by atoms with Crippen molar-refractivity contribution in [2.75, 3.05) is 18.0 Å². The summed E-state index contributed by atoms with van der Waals surface area (Å²) in [7, 11) is 0. The van der Waals surface area contributed by atoms with E-state index in [4.69, 9.17) is 0 Å². The van der Waals surface area contributed by atoms with Crippen LogP contribution in [0, 0.1) is 18.3 Å². The van der Waals surface area contributed by atoms with Crippen LogP contribution in [-0.2, 0) is 6.18 Å². The van der Waals surface area contributed by atoms with Crippen LogP contribution in [0.4, 0.5) is 18.9 Å². The maximum atomic E-state index is 12.8.